The molecule has 1 amide bonds. The standard InChI is InChI=1S/C26H29N5O5/c1-17(2)19-7-5-6-8-22(19)36-16-24(32)27-13-14-35-25-12-11-23-28-29-26(31(23)30-25)20-15-18(33-3)9-10-21(20)34-4/h5-12,15,17H,13-14,16H2,1-4H3,(H,27,32). The van der Waals surface area contributed by atoms with Crippen LogP contribution >= 0.6 is 0 Å². The largest absolute Gasteiger partial charge is 0.497 e. The van der Waals surface area contributed by atoms with Gasteiger partial charge in [-0.1, -0.05) is 32.0 Å². The van der Waals surface area contributed by atoms with E-state index in [4.69, 9.17) is 18.9 Å². The summed E-state index contributed by atoms with van der Waals surface area (Å²) < 4.78 is 23.8. The van der Waals surface area contributed by atoms with Gasteiger partial charge in [-0.05, 0) is 41.8 Å². The van der Waals surface area contributed by atoms with Gasteiger partial charge >= 0.3 is 0 Å². The van der Waals surface area contributed by atoms with Crippen LogP contribution in [0.1, 0.15) is 25.3 Å². The molecular weight excluding hydrogens is 462 g/mol. The van der Waals surface area contributed by atoms with E-state index in [1.807, 2.05) is 30.3 Å². The second-order valence-electron chi connectivity index (χ2n) is 8.21. The van der Waals surface area contributed by atoms with E-state index in [9.17, 15) is 4.79 Å². The van der Waals surface area contributed by atoms with Gasteiger partial charge in [0.25, 0.3) is 5.91 Å². The molecule has 0 aliphatic rings. The van der Waals surface area contributed by atoms with Gasteiger partial charge in [0.05, 0.1) is 26.3 Å². The summed E-state index contributed by atoms with van der Waals surface area (Å²) in [5.41, 5.74) is 2.30. The van der Waals surface area contributed by atoms with Crippen molar-refractivity contribution in [2.24, 2.45) is 0 Å². The number of para-hydroxylation sites is 1. The van der Waals surface area contributed by atoms with Crippen molar-refractivity contribution in [3.63, 3.8) is 0 Å². The third-order valence-corrected chi connectivity index (χ3v) is 5.46. The Bertz CT molecular complexity index is 1340. The van der Waals surface area contributed by atoms with Gasteiger partial charge in [-0.3, -0.25) is 4.79 Å². The van der Waals surface area contributed by atoms with Crippen LogP contribution in [0.15, 0.2) is 54.6 Å². The van der Waals surface area contributed by atoms with E-state index in [1.165, 1.54) is 0 Å². The summed E-state index contributed by atoms with van der Waals surface area (Å²) in [7, 11) is 3.17. The predicted octanol–water partition coefficient (Wildman–Crippen LogP) is 3.51. The van der Waals surface area contributed by atoms with Crippen molar-refractivity contribution in [3.8, 4) is 34.5 Å². The van der Waals surface area contributed by atoms with Gasteiger partial charge in [0.15, 0.2) is 18.1 Å². The number of hydrogen-bond donors (Lipinski definition) is 1. The first kappa shape index (κ1) is 24.8. The molecule has 0 spiro atoms. The van der Waals surface area contributed by atoms with E-state index in [-0.39, 0.29) is 19.1 Å². The van der Waals surface area contributed by atoms with Crippen molar-refractivity contribution in [3.05, 3.63) is 60.2 Å². The van der Waals surface area contributed by atoms with Crippen LogP contribution in [0.2, 0.25) is 0 Å². The molecule has 2 aromatic carbocycles. The highest BCUT2D eigenvalue weighted by Crippen LogP contribution is 2.32. The van der Waals surface area contributed by atoms with E-state index >= 15 is 0 Å². The lowest BCUT2D eigenvalue weighted by atomic mass is 10.0. The van der Waals surface area contributed by atoms with Crippen molar-refractivity contribution >= 4 is 11.6 Å². The molecule has 0 aliphatic carbocycles. The third-order valence-electron chi connectivity index (χ3n) is 5.46. The number of nitrogens with one attached hydrogen (secondary N) is 1. The summed E-state index contributed by atoms with van der Waals surface area (Å²) in [6.45, 7) is 4.63. The number of rotatable bonds is 11. The molecule has 1 N–H and O–H groups in total. The molecule has 10 nitrogen and oxygen atoms in total. The maximum atomic E-state index is 12.2. The molecule has 188 valence electrons. The van der Waals surface area contributed by atoms with Crippen LogP contribution in [0, 0.1) is 0 Å². The van der Waals surface area contributed by atoms with Gasteiger partial charge in [-0.15, -0.1) is 15.3 Å². The Morgan fingerprint density at radius 1 is 0.972 bits per heavy atom. The number of aromatic nitrogens is 4. The Morgan fingerprint density at radius 2 is 1.81 bits per heavy atom. The number of carbonyl (C=O) groups excluding carboxylic acids is 1. The third kappa shape index (κ3) is 5.65. The first-order valence-electron chi connectivity index (χ1n) is 11.6. The van der Waals surface area contributed by atoms with E-state index in [0.29, 0.717) is 52.6 Å². The highest BCUT2D eigenvalue weighted by Gasteiger charge is 2.16. The molecule has 2 aromatic heterocycles. The lowest BCUT2D eigenvalue weighted by Crippen LogP contribution is -2.32. The number of amides is 1. The Morgan fingerprint density at radius 3 is 2.58 bits per heavy atom. The van der Waals surface area contributed by atoms with E-state index in [2.05, 4.69) is 34.5 Å². The number of carbonyl (C=O) groups is 1. The molecule has 0 aliphatic heterocycles. The highest BCUT2D eigenvalue weighted by molar-refractivity contribution is 5.77. The Balaban J connectivity index is 1.35. The van der Waals surface area contributed by atoms with Crippen molar-refractivity contribution in [2.45, 2.75) is 19.8 Å². The summed E-state index contributed by atoms with van der Waals surface area (Å²) in [6.07, 6.45) is 0. The molecule has 4 rings (SSSR count). The smallest absolute Gasteiger partial charge is 0.258 e. The molecule has 0 fully saturated rings. The van der Waals surface area contributed by atoms with Gasteiger partial charge in [0.2, 0.25) is 5.88 Å². The van der Waals surface area contributed by atoms with Crippen LogP contribution < -0.4 is 24.3 Å². The number of nitrogens with zero attached hydrogens (tertiary/aromatic N) is 4. The Hall–Kier alpha value is -4.34. The molecular formula is C26H29N5O5. The molecule has 2 heterocycles. The molecule has 0 saturated carbocycles. The maximum Gasteiger partial charge on any atom is 0.258 e. The zero-order valence-corrected chi connectivity index (χ0v) is 20.7. The van der Waals surface area contributed by atoms with E-state index in [0.717, 1.165) is 5.56 Å². The number of ether oxygens (including phenoxy) is 4. The van der Waals surface area contributed by atoms with Gasteiger partial charge in [-0.25, -0.2) is 0 Å². The zero-order chi connectivity index (χ0) is 25.5. The molecule has 0 bridgehead atoms. The van der Waals surface area contributed by atoms with Crippen LogP contribution in [-0.2, 0) is 4.79 Å². The van der Waals surface area contributed by atoms with Crippen LogP contribution in [0.4, 0.5) is 0 Å². The molecule has 0 unspecified atom stereocenters. The average Bonchev–Trinajstić information content (AvgIpc) is 3.32. The first-order chi connectivity index (χ1) is 17.5. The molecule has 10 heteroatoms. The van der Waals surface area contributed by atoms with E-state index < -0.39 is 0 Å². The SMILES string of the molecule is COc1ccc(OC)c(-c2nnc3ccc(OCCNC(=O)COc4ccccc4C(C)C)nn23)c1. The van der Waals surface area contributed by atoms with Gasteiger partial charge < -0.3 is 24.3 Å². The normalized spacial score (nSPS) is 10.9. The van der Waals surface area contributed by atoms with Crippen molar-refractivity contribution in [2.75, 3.05) is 34.0 Å². The quantitative estimate of drug-likeness (QED) is 0.318. The molecule has 0 atom stereocenters. The fourth-order valence-corrected chi connectivity index (χ4v) is 3.64. The van der Waals surface area contributed by atoms with Crippen molar-refractivity contribution in [1.29, 1.82) is 0 Å². The first-order valence-corrected chi connectivity index (χ1v) is 11.6. The fourth-order valence-electron chi connectivity index (χ4n) is 3.64. The van der Waals surface area contributed by atoms with Crippen LogP contribution in [0.3, 0.4) is 0 Å². The topological polar surface area (TPSA) is 109 Å². The average molecular weight is 492 g/mol. The second-order valence-corrected chi connectivity index (χ2v) is 8.21. The molecule has 0 radical (unpaired) electrons. The van der Waals surface area contributed by atoms with Gasteiger partial charge in [-0.2, -0.15) is 4.52 Å². The van der Waals surface area contributed by atoms with Crippen LogP contribution in [0.25, 0.3) is 17.0 Å². The summed E-state index contributed by atoms with van der Waals surface area (Å²) in [4.78, 5) is 12.2. The monoisotopic (exact) mass is 491 g/mol. The number of hydrogen-bond acceptors (Lipinski definition) is 8. The van der Waals surface area contributed by atoms with Crippen molar-refractivity contribution < 1.29 is 23.7 Å². The molecule has 0 saturated heterocycles. The van der Waals surface area contributed by atoms with Crippen molar-refractivity contribution in [1.82, 2.24) is 25.1 Å². The highest BCUT2D eigenvalue weighted by atomic mass is 16.5. The predicted molar refractivity (Wildman–Crippen MR) is 134 cm³/mol. The van der Waals surface area contributed by atoms with Gasteiger partial charge in [0, 0.05) is 6.07 Å². The summed E-state index contributed by atoms with van der Waals surface area (Å²) >= 11 is 0. The molecule has 4 aromatic rings. The minimum atomic E-state index is -0.230. The summed E-state index contributed by atoms with van der Waals surface area (Å²) in [5, 5.41) is 15.7. The Kier molecular flexibility index (Phi) is 7.84. The minimum Gasteiger partial charge on any atom is -0.497 e. The molecule has 36 heavy (non-hydrogen) atoms. The summed E-state index contributed by atoms with van der Waals surface area (Å²) in [5.74, 6) is 2.90. The van der Waals surface area contributed by atoms with Gasteiger partial charge in [0.1, 0.15) is 23.9 Å². The zero-order valence-electron chi connectivity index (χ0n) is 20.7. The number of methoxy groups -OCH3 is 2. The second kappa shape index (κ2) is 11.4. The fraction of sp³-hybridized carbons (Fsp3) is 0.308. The summed E-state index contributed by atoms with van der Waals surface area (Å²) in [6, 6.07) is 16.6. The minimum absolute atomic E-state index is 0.0691. The van der Waals surface area contributed by atoms with E-state index in [1.54, 1.807) is 43.0 Å². The number of fused-ring (bicyclic) bond motifs is 1. The lowest BCUT2D eigenvalue weighted by molar-refractivity contribution is -0.123. The van der Waals surface area contributed by atoms with Crippen LogP contribution in [-0.4, -0.2) is 59.7 Å². The van der Waals surface area contributed by atoms with Crippen LogP contribution in [0.5, 0.6) is 23.1 Å². The Labute approximate surface area is 209 Å². The maximum absolute atomic E-state index is 12.2. The number of benzene rings is 2. The lowest BCUT2D eigenvalue weighted by Gasteiger charge is -2.13.